The molecule has 0 spiro atoms. The van der Waals surface area contributed by atoms with Gasteiger partial charge in [0.05, 0.1) is 0 Å². The Hall–Kier alpha value is -1.48. The minimum Gasteiger partial charge on any atom is -0.380 e. The molecule has 1 N–H and O–H groups in total. The van der Waals surface area contributed by atoms with Gasteiger partial charge < -0.3 is 10.2 Å². The first kappa shape index (κ1) is 14.9. The Morgan fingerprint density at radius 2 is 1.55 bits per heavy atom. The average Bonchev–Trinajstić information content (AvgIpc) is 2.96. The highest BCUT2D eigenvalue weighted by molar-refractivity contribution is 7.12. The van der Waals surface area contributed by atoms with Crippen LogP contribution < -0.4 is 10.2 Å². The number of thiophene rings is 1. The van der Waals surface area contributed by atoms with Crippen molar-refractivity contribution in [2.24, 2.45) is 0 Å². The first-order chi connectivity index (χ1) is 9.76. The van der Waals surface area contributed by atoms with Crippen molar-refractivity contribution in [1.29, 1.82) is 0 Å². The predicted molar refractivity (Wildman–Crippen MR) is 91.0 cm³/mol. The van der Waals surface area contributed by atoms with Crippen LogP contribution in [0.5, 0.6) is 0 Å². The average molecular weight is 288 g/mol. The molecule has 1 aromatic carbocycles. The van der Waals surface area contributed by atoms with E-state index in [9.17, 15) is 0 Å². The molecule has 0 unspecified atom stereocenters. The molecular formula is C17H24N2S. The SMILES string of the molecule is CCc1ccc(CNc2ccc(N(CC)CC)cc2)s1. The van der Waals surface area contributed by atoms with Crippen LogP contribution in [0.25, 0.3) is 0 Å². The summed E-state index contributed by atoms with van der Waals surface area (Å²) in [6, 6.07) is 13.2. The lowest BCUT2D eigenvalue weighted by atomic mass is 10.2. The molecular weight excluding hydrogens is 264 g/mol. The molecule has 1 aromatic heterocycles. The van der Waals surface area contributed by atoms with Gasteiger partial charge in [-0.25, -0.2) is 0 Å². The highest BCUT2D eigenvalue weighted by Gasteiger charge is 2.02. The fraction of sp³-hybridized carbons (Fsp3) is 0.412. The van der Waals surface area contributed by atoms with Gasteiger partial charge in [-0.05, 0) is 56.7 Å². The zero-order chi connectivity index (χ0) is 14.4. The number of anilines is 2. The Kier molecular flexibility index (Phi) is 5.48. The summed E-state index contributed by atoms with van der Waals surface area (Å²) in [5.41, 5.74) is 2.48. The number of nitrogens with one attached hydrogen (secondary N) is 1. The highest BCUT2D eigenvalue weighted by atomic mass is 32.1. The Bertz CT molecular complexity index is 512. The number of hydrogen-bond donors (Lipinski definition) is 1. The first-order valence-corrected chi connectivity index (χ1v) is 8.24. The monoisotopic (exact) mass is 288 g/mol. The van der Waals surface area contributed by atoms with Gasteiger partial charge in [0.25, 0.3) is 0 Å². The van der Waals surface area contributed by atoms with Crippen molar-refractivity contribution in [3.8, 4) is 0 Å². The molecule has 0 saturated heterocycles. The van der Waals surface area contributed by atoms with E-state index in [2.05, 4.69) is 67.4 Å². The molecule has 0 fully saturated rings. The molecule has 3 heteroatoms. The maximum Gasteiger partial charge on any atom is 0.0494 e. The third-order valence-corrected chi connectivity index (χ3v) is 4.76. The Morgan fingerprint density at radius 3 is 2.10 bits per heavy atom. The zero-order valence-electron chi connectivity index (χ0n) is 12.6. The molecule has 0 aliphatic carbocycles. The third kappa shape index (κ3) is 3.76. The Balaban J connectivity index is 1.93. The van der Waals surface area contributed by atoms with Crippen molar-refractivity contribution in [3.63, 3.8) is 0 Å². The first-order valence-electron chi connectivity index (χ1n) is 7.43. The number of rotatable bonds is 7. The van der Waals surface area contributed by atoms with Gasteiger partial charge in [-0.1, -0.05) is 6.92 Å². The lowest BCUT2D eigenvalue weighted by Gasteiger charge is -2.21. The van der Waals surface area contributed by atoms with Crippen LogP contribution in [0.4, 0.5) is 11.4 Å². The summed E-state index contributed by atoms with van der Waals surface area (Å²) >= 11 is 1.90. The summed E-state index contributed by atoms with van der Waals surface area (Å²) in [6.07, 6.45) is 1.13. The second kappa shape index (κ2) is 7.34. The van der Waals surface area contributed by atoms with Gasteiger partial charge >= 0.3 is 0 Å². The number of aryl methyl sites for hydroxylation is 1. The molecule has 0 aliphatic heterocycles. The second-order valence-electron chi connectivity index (χ2n) is 4.79. The van der Waals surface area contributed by atoms with Gasteiger partial charge in [0.15, 0.2) is 0 Å². The molecule has 20 heavy (non-hydrogen) atoms. The summed E-state index contributed by atoms with van der Waals surface area (Å²) in [6.45, 7) is 9.61. The van der Waals surface area contributed by atoms with Crippen LogP contribution in [-0.2, 0) is 13.0 Å². The maximum absolute atomic E-state index is 3.49. The molecule has 0 radical (unpaired) electrons. The normalized spacial score (nSPS) is 10.6. The smallest absolute Gasteiger partial charge is 0.0494 e. The molecule has 0 saturated carbocycles. The summed E-state index contributed by atoms with van der Waals surface area (Å²) < 4.78 is 0. The predicted octanol–water partition coefficient (Wildman–Crippen LogP) is 4.77. The standard InChI is InChI=1S/C17H24N2S/c1-4-16-11-12-17(20-16)13-18-14-7-9-15(10-8-14)19(5-2)6-3/h7-12,18H,4-6,13H2,1-3H3. The topological polar surface area (TPSA) is 15.3 Å². The van der Waals surface area contributed by atoms with Crippen LogP contribution in [-0.4, -0.2) is 13.1 Å². The van der Waals surface area contributed by atoms with Crippen LogP contribution in [0.3, 0.4) is 0 Å². The minimum atomic E-state index is 0.912. The summed E-state index contributed by atoms with van der Waals surface area (Å²) in [4.78, 5) is 5.21. The van der Waals surface area contributed by atoms with E-state index >= 15 is 0 Å². The minimum absolute atomic E-state index is 0.912. The van der Waals surface area contributed by atoms with Gasteiger partial charge in [0, 0.05) is 40.8 Å². The van der Waals surface area contributed by atoms with E-state index in [0.717, 1.165) is 26.1 Å². The van der Waals surface area contributed by atoms with Crippen LogP contribution in [0.15, 0.2) is 36.4 Å². The van der Waals surface area contributed by atoms with Crippen molar-refractivity contribution in [1.82, 2.24) is 0 Å². The lowest BCUT2D eigenvalue weighted by Crippen LogP contribution is -2.21. The lowest BCUT2D eigenvalue weighted by molar-refractivity contribution is 0.866. The van der Waals surface area contributed by atoms with Crippen LogP contribution in [0.2, 0.25) is 0 Å². The van der Waals surface area contributed by atoms with E-state index in [4.69, 9.17) is 0 Å². The molecule has 108 valence electrons. The van der Waals surface area contributed by atoms with Gasteiger partial charge in [-0.2, -0.15) is 0 Å². The maximum atomic E-state index is 3.49. The highest BCUT2D eigenvalue weighted by Crippen LogP contribution is 2.20. The molecule has 0 bridgehead atoms. The summed E-state index contributed by atoms with van der Waals surface area (Å²) in [5.74, 6) is 0. The molecule has 2 rings (SSSR count). The van der Waals surface area contributed by atoms with Crippen molar-refractivity contribution in [2.45, 2.75) is 33.7 Å². The van der Waals surface area contributed by atoms with Crippen LogP contribution in [0.1, 0.15) is 30.5 Å². The zero-order valence-corrected chi connectivity index (χ0v) is 13.5. The van der Waals surface area contributed by atoms with Crippen molar-refractivity contribution >= 4 is 22.7 Å². The summed E-state index contributed by atoms with van der Waals surface area (Å²) in [7, 11) is 0. The Morgan fingerprint density at radius 1 is 0.900 bits per heavy atom. The van der Waals surface area contributed by atoms with Crippen molar-refractivity contribution in [3.05, 3.63) is 46.2 Å². The van der Waals surface area contributed by atoms with Crippen LogP contribution >= 0.6 is 11.3 Å². The molecule has 2 aromatic rings. The fourth-order valence-corrected chi connectivity index (χ4v) is 3.17. The molecule has 1 heterocycles. The number of nitrogens with zero attached hydrogens (tertiary/aromatic N) is 1. The van der Waals surface area contributed by atoms with E-state index in [1.807, 2.05) is 11.3 Å². The number of benzene rings is 1. The molecule has 0 aliphatic rings. The van der Waals surface area contributed by atoms with E-state index in [-0.39, 0.29) is 0 Å². The van der Waals surface area contributed by atoms with Crippen molar-refractivity contribution < 1.29 is 0 Å². The van der Waals surface area contributed by atoms with Gasteiger partial charge in [-0.15, -0.1) is 11.3 Å². The van der Waals surface area contributed by atoms with E-state index < -0.39 is 0 Å². The summed E-state index contributed by atoms with van der Waals surface area (Å²) in [5, 5.41) is 3.49. The third-order valence-electron chi connectivity index (χ3n) is 3.53. The van der Waals surface area contributed by atoms with Gasteiger partial charge in [-0.3, -0.25) is 0 Å². The molecule has 0 atom stereocenters. The van der Waals surface area contributed by atoms with E-state index in [0.29, 0.717) is 0 Å². The molecule has 0 amide bonds. The van der Waals surface area contributed by atoms with Crippen molar-refractivity contribution in [2.75, 3.05) is 23.3 Å². The van der Waals surface area contributed by atoms with Crippen LogP contribution in [0, 0.1) is 0 Å². The second-order valence-corrected chi connectivity index (χ2v) is 6.05. The van der Waals surface area contributed by atoms with Gasteiger partial charge in [0.2, 0.25) is 0 Å². The largest absolute Gasteiger partial charge is 0.380 e. The fourth-order valence-electron chi connectivity index (χ4n) is 2.28. The van der Waals surface area contributed by atoms with E-state index in [1.165, 1.54) is 21.1 Å². The van der Waals surface area contributed by atoms with E-state index in [1.54, 1.807) is 0 Å². The number of hydrogen-bond acceptors (Lipinski definition) is 3. The Labute approximate surface area is 126 Å². The van der Waals surface area contributed by atoms with Gasteiger partial charge in [0.1, 0.15) is 0 Å². The quantitative estimate of drug-likeness (QED) is 0.789. The molecule has 2 nitrogen and oxygen atoms in total.